The predicted molar refractivity (Wildman–Crippen MR) is 140 cm³/mol. The molecule has 2 atom stereocenters. The molecule has 1 fully saturated rings. The van der Waals surface area contributed by atoms with E-state index in [2.05, 4.69) is 26.1 Å². The molecular formula is C27H29N5O6. The highest BCUT2D eigenvalue weighted by Gasteiger charge is 2.50. The van der Waals surface area contributed by atoms with Crippen molar-refractivity contribution in [3.05, 3.63) is 47.7 Å². The summed E-state index contributed by atoms with van der Waals surface area (Å²) in [5, 5.41) is 7.71. The Morgan fingerprint density at radius 1 is 1.03 bits per heavy atom. The van der Waals surface area contributed by atoms with E-state index < -0.39 is 12.0 Å². The summed E-state index contributed by atoms with van der Waals surface area (Å²) in [6.07, 6.45) is 1.81. The summed E-state index contributed by atoms with van der Waals surface area (Å²) < 4.78 is 30.4. The Labute approximate surface area is 219 Å². The van der Waals surface area contributed by atoms with Gasteiger partial charge in [0.15, 0.2) is 17.3 Å². The molecule has 0 saturated carbocycles. The third-order valence-electron chi connectivity index (χ3n) is 6.97. The van der Waals surface area contributed by atoms with E-state index in [1.165, 1.54) is 0 Å². The van der Waals surface area contributed by atoms with Crippen LogP contribution in [0.5, 0.6) is 28.7 Å². The zero-order valence-electron chi connectivity index (χ0n) is 22.1. The molecule has 38 heavy (non-hydrogen) atoms. The molecule has 0 spiro atoms. The molecule has 0 radical (unpaired) electrons. The topological polar surface area (TPSA) is 109 Å². The number of carbonyl (C=O) groups is 1. The Morgan fingerprint density at radius 2 is 1.82 bits per heavy atom. The first-order valence-corrected chi connectivity index (χ1v) is 12.2. The summed E-state index contributed by atoms with van der Waals surface area (Å²) in [6, 6.07) is 8.45. The molecule has 11 heteroatoms. The van der Waals surface area contributed by atoms with Crippen molar-refractivity contribution in [2.45, 2.75) is 38.3 Å². The SMILES string of the molecule is COc1cccc(N2C(=O)NC3=Nc4c(cnn4C(C)(C)C)[C@H](c4cc5c(c(OC)c4OC)OCO5)[C@@H]32)c1. The second-order valence-corrected chi connectivity index (χ2v) is 10.2. The highest BCUT2D eigenvalue weighted by atomic mass is 16.7. The van der Waals surface area contributed by atoms with Crippen molar-refractivity contribution in [1.82, 2.24) is 15.1 Å². The Bertz CT molecular complexity index is 1470. The molecule has 11 nitrogen and oxygen atoms in total. The van der Waals surface area contributed by atoms with Crippen molar-refractivity contribution in [3.8, 4) is 28.7 Å². The van der Waals surface area contributed by atoms with Gasteiger partial charge in [-0.3, -0.25) is 10.2 Å². The number of amidine groups is 1. The number of nitrogens with one attached hydrogen (secondary N) is 1. The number of hydrogen-bond donors (Lipinski definition) is 1. The van der Waals surface area contributed by atoms with Gasteiger partial charge in [-0.25, -0.2) is 14.5 Å². The minimum atomic E-state index is -0.529. The van der Waals surface area contributed by atoms with Crippen LogP contribution in [0.15, 0.2) is 41.5 Å². The van der Waals surface area contributed by atoms with Crippen LogP contribution in [0, 0.1) is 0 Å². The number of fused-ring (bicyclic) bond motifs is 3. The fourth-order valence-corrected chi connectivity index (χ4v) is 5.37. The number of aromatic nitrogens is 2. The molecule has 3 aliphatic heterocycles. The second kappa shape index (κ2) is 8.57. The van der Waals surface area contributed by atoms with Gasteiger partial charge in [-0.2, -0.15) is 5.10 Å². The van der Waals surface area contributed by atoms with Crippen LogP contribution in [0.4, 0.5) is 16.3 Å². The van der Waals surface area contributed by atoms with Crippen molar-refractivity contribution in [2.24, 2.45) is 4.99 Å². The monoisotopic (exact) mass is 519 g/mol. The number of benzene rings is 2. The van der Waals surface area contributed by atoms with Gasteiger partial charge >= 0.3 is 6.03 Å². The van der Waals surface area contributed by atoms with Gasteiger partial charge in [-0.15, -0.1) is 0 Å². The molecule has 4 heterocycles. The first kappa shape index (κ1) is 24.0. The molecule has 1 aromatic heterocycles. The Hall–Kier alpha value is -4.41. The Balaban J connectivity index is 1.62. The van der Waals surface area contributed by atoms with E-state index in [-0.39, 0.29) is 18.4 Å². The van der Waals surface area contributed by atoms with Crippen LogP contribution >= 0.6 is 0 Å². The first-order valence-electron chi connectivity index (χ1n) is 12.2. The number of carbonyl (C=O) groups excluding carboxylic acids is 1. The number of anilines is 1. The molecule has 1 saturated heterocycles. The molecule has 1 N–H and O–H groups in total. The third-order valence-corrected chi connectivity index (χ3v) is 6.97. The molecule has 198 valence electrons. The standard InChI is InChI=1S/C27H29N5O6/c1-27(2,3)32-25-17(12-28-32)19(16-11-18-22(38-13-37-18)23(36-6)21(16)35-5)20-24(29-25)30-26(33)31(20)14-8-7-9-15(10-14)34-4/h7-12,19-20H,13H2,1-6H3,(H,29,30,33)/t19-,20-/m0/s1. The molecule has 6 rings (SSSR count). The summed E-state index contributed by atoms with van der Waals surface area (Å²) in [5.41, 5.74) is 1.92. The lowest BCUT2D eigenvalue weighted by Gasteiger charge is -2.34. The summed E-state index contributed by atoms with van der Waals surface area (Å²) in [7, 11) is 4.73. The quantitative estimate of drug-likeness (QED) is 0.539. The molecule has 0 aliphatic carbocycles. The normalized spacial score (nSPS) is 19.5. The number of nitrogens with zero attached hydrogens (tertiary/aromatic N) is 4. The molecule has 3 aromatic rings. The van der Waals surface area contributed by atoms with E-state index in [0.717, 1.165) is 11.1 Å². The number of aliphatic imine (C=N–C) groups is 1. The fraction of sp³-hybridized carbons (Fsp3) is 0.370. The maximum absolute atomic E-state index is 13.5. The second-order valence-electron chi connectivity index (χ2n) is 10.2. The van der Waals surface area contributed by atoms with E-state index >= 15 is 0 Å². The average molecular weight is 520 g/mol. The number of amides is 2. The molecule has 0 bridgehead atoms. The number of urea groups is 1. The van der Waals surface area contributed by atoms with Gasteiger partial charge in [0.05, 0.1) is 33.1 Å². The van der Waals surface area contributed by atoms with E-state index in [1.54, 1.807) is 26.2 Å². The zero-order valence-corrected chi connectivity index (χ0v) is 22.1. The molecule has 3 aliphatic rings. The average Bonchev–Trinajstić information content (AvgIpc) is 3.62. The molecule has 2 aromatic carbocycles. The van der Waals surface area contributed by atoms with Gasteiger partial charge < -0.3 is 23.7 Å². The van der Waals surface area contributed by atoms with Crippen LogP contribution in [-0.4, -0.2) is 55.8 Å². The highest BCUT2D eigenvalue weighted by Crippen LogP contribution is 2.55. The summed E-state index contributed by atoms with van der Waals surface area (Å²) in [6.45, 7) is 6.24. The van der Waals surface area contributed by atoms with Crippen molar-refractivity contribution in [3.63, 3.8) is 0 Å². The number of methoxy groups -OCH3 is 3. The smallest absolute Gasteiger partial charge is 0.328 e. The van der Waals surface area contributed by atoms with Gasteiger partial charge in [-0.05, 0) is 39.0 Å². The van der Waals surface area contributed by atoms with Gasteiger partial charge in [0.2, 0.25) is 18.3 Å². The minimum absolute atomic E-state index is 0.0717. The van der Waals surface area contributed by atoms with E-state index in [4.69, 9.17) is 33.8 Å². The Kier molecular flexibility index (Phi) is 5.41. The lowest BCUT2D eigenvalue weighted by Crippen LogP contribution is -2.42. The van der Waals surface area contributed by atoms with Crippen LogP contribution in [0.2, 0.25) is 0 Å². The predicted octanol–water partition coefficient (Wildman–Crippen LogP) is 4.17. The molecular weight excluding hydrogens is 490 g/mol. The lowest BCUT2D eigenvalue weighted by molar-refractivity contribution is 0.170. The minimum Gasteiger partial charge on any atom is -0.497 e. The van der Waals surface area contributed by atoms with E-state index in [0.29, 0.717) is 46.1 Å². The highest BCUT2D eigenvalue weighted by molar-refractivity contribution is 6.18. The maximum Gasteiger partial charge on any atom is 0.328 e. The summed E-state index contributed by atoms with van der Waals surface area (Å²) in [5.74, 6) is 3.32. The van der Waals surface area contributed by atoms with Crippen molar-refractivity contribution < 1.29 is 28.5 Å². The van der Waals surface area contributed by atoms with Crippen LogP contribution in [0.3, 0.4) is 0 Å². The van der Waals surface area contributed by atoms with E-state index in [9.17, 15) is 4.79 Å². The first-order chi connectivity index (χ1) is 18.3. The number of hydrogen-bond acceptors (Lipinski definition) is 8. The fourth-order valence-electron chi connectivity index (χ4n) is 5.37. The largest absolute Gasteiger partial charge is 0.497 e. The van der Waals surface area contributed by atoms with Crippen molar-refractivity contribution in [2.75, 3.05) is 33.0 Å². The summed E-state index contributed by atoms with van der Waals surface area (Å²) in [4.78, 5) is 20.1. The number of rotatable bonds is 5. The third kappa shape index (κ3) is 3.45. The van der Waals surface area contributed by atoms with Crippen LogP contribution in [0.1, 0.15) is 37.8 Å². The van der Waals surface area contributed by atoms with Gasteiger partial charge in [0.1, 0.15) is 17.6 Å². The lowest BCUT2D eigenvalue weighted by atomic mass is 9.82. The van der Waals surface area contributed by atoms with Gasteiger partial charge in [0, 0.05) is 28.8 Å². The summed E-state index contributed by atoms with van der Waals surface area (Å²) >= 11 is 0. The molecule has 2 amide bonds. The van der Waals surface area contributed by atoms with Crippen LogP contribution < -0.4 is 33.9 Å². The van der Waals surface area contributed by atoms with E-state index in [1.807, 2.05) is 41.2 Å². The number of ether oxygens (including phenoxy) is 5. The van der Waals surface area contributed by atoms with Gasteiger partial charge in [0.25, 0.3) is 0 Å². The maximum atomic E-state index is 13.5. The Morgan fingerprint density at radius 3 is 2.53 bits per heavy atom. The molecule has 0 unspecified atom stereocenters. The van der Waals surface area contributed by atoms with Crippen LogP contribution in [0.25, 0.3) is 0 Å². The van der Waals surface area contributed by atoms with Crippen molar-refractivity contribution in [1.29, 1.82) is 0 Å². The van der Waals surface area contributed by atoms with Crippen LogP contribution in [-0.2, 0) is 5.54 Å². The van der Waals surface area contributed by atoms with Crippen molar-refractivity contribution >= 4 is 23.4 Å². The van der Waals surface area contributed by atoms with Gasteiger partial charge in [-0.1, -0.05) is 6.07 Å². The zero-order chi connectivity index (χ0) is 26.8.